The van der Waals surface area contributed by atoms with E-state index >= 15 is 0 Å². The normalized spacial score (nSPS) is 19.9. The minimum Gasteiger partial charge on any atom is -0.497 e. The van der Waals surface area contributed by atoms with Crippen molar-refractivity contribution in [2.75, 3.05) is 13.7 Å². The number of carbonyl (C=O) groups is 1. The summed E-state index contributed by atoms with van der Waals surface area (Å²) >= 11 is 0. The largest absolute Gasteiger partial charge is 0.497 e. The van der Waals surface area contributed by atoms with Crippen LogP contribution in [0.3, 0.4) is 0 Å². The third-order valence-electron chi connectivity index (χ3n) is 3.83. The Morgan fingerprint density at radius 1 is 1.55 bits per heavy atom. The molecule has 110 valence electrons. The predicted octanol–water partition coefficient (Wildman–Crippen LogP) is 2.52. The van der Waals surface area contributed by atoms with Gasteiger partial charge in [0.05, 0.1) is 19.3 Å². The molecule has 1 aliphatic rings. The number of aliphatic hydroxyl groups excluding tert-OH is 1. The number of rotatable bonds is 5. The maximum atomic E-state index is 12.3. The molecular weight excluding hydrogens is 254 g/mol. The fraction of sp³-hybridized carbons (Fsp3) is 0.562. The number of methoxy groups -OCH3 is 1. The highest BCUT2D eigenvalue weighted by atomic mass is 16.5. The zero-order valence-electron chi connectivity index (χ0n) is 12.2. The second kappa shape index (κ2) is 6.75. The van der Waals surface area contributed by atoms with Crippen molar-refractivity contribution in [2.45, 2.75) is 44.8 Å². The van der Waals surface area contributed by atoms with Crippen LogP contribution in [0.4, 0.5) is 0 Å². The van der Waals surface area contributed by atoms with Gasteiger partial charge in [-0.25, -0.2) is 0 Å². The van der Waals surface area contributed by atoms with Crippen LogP contribution in [-0.4, -0.2) is 35.7 Å². The lowest BCUT2D eigenvalue weighted by Crippen LogP contribution is -2.30. The van der Waals surface area contributed by atoms with Crippen molar-refractivity contribution in [2.24, 2.45) is 0 Å². The average Bonchev–Trinajstić information content (AvgIpc) is 2.94. The van der Waals surface area contributed by atoms with E-state index in [1.54, 1.807) is 14.0 Å². The summed E-state index contributed by atoms with van der Waals surface area (Å²) in [5, 5.41) is 9.31. The van der Waals surface area contributed by atoms with Gasteiger partial charge >= 0.3 is 0 Å². The van der Waals surface area contributed by atoms with Crippen molar-refractivity contribution in [3.8, 4) is 5.75 Å². The van der Waals surface area contributed by atoms with Crippen molar-refractivity contribution in [3.05, 3.63) is 29.8 Å². The first-order chi connectivity index (χ1) is 9.61. The van der Waals surface area contributed by atoms with E-state index in [-0.39, 0.29) is 11.9 Å². The van der Waals surface area contributed by atoms with Crippen LogP contribution in [0.25, 0.3) is 0 Å². The molecule has 1 amide bonds. The third-order valence-corrected chi connectivity index (χ3v) is 3.83. The Morgan fingerprint density at radius 3 is 3.05 bits per heavy atom. The first kappa shape index (κ1) is 14.9. The van der Waals surface area contributed by atoms with Crippen LogP contribution in [0.5, 0.6) is 5.75 Å². The summed E-state index contributed by atoms with van der Waals surface area (Å²) in [5.74, 6) is 0.960. The van der Waals surface area contributed by atoms with Gasteiger partial charge in [0.2, 0.25) is 5.91 Å². The van der Waals surface area contributed by atoms with E-state index in [9.17, 15) is 9.90 Å². The highest BCUT2D eigenvalue weighted by Gasteiger charge is 2.29. The molecule has 1 heterocycles. The number of aliphatic hydroxyl groups is 1. The molecule has 0 aliphatic carbocycles. The first-order valence-corrected chi connectivity index (χ1v) is 7.23. The fourth-order valence-electron chi connectivity index (χ4n) is 2.74. The van der Waals surface area contributed by atoms with Crippen LogP contribution in [0.1, 0.15) is 44.2 Å². The van der Waals surface area contributed by atoms with Crippen LogP contribution in [0.15, 0.2) is 24.3 Å². The van der Waals surface area contributed by atoms with Crippen LogP contribution < -0.4 is 4.74 Å². The Kier molecular flexibility index (Phi) is 5.01. The molecule has 0 bridgehead atoms. The van der Waals surface area contributed by atoms with Gasteiger partial charge in [-0.2, -0.15) is 0 Å². The van der Waals surface area contributed by atoms with E-state index in [1.807, 2.05) is 29.2 Å². The quantitative estimate of drug-likeness (QED) is 0.899. The number of hydrogen-bond acceptors (Lipinski definition) is 3. The van der Waals surface area contributed by atoms with Crippen molar-refractivity contribution >= 4 is 5.91 Å². The van der Waals surface area contributed by atoms with Gasteiger partial charge in [0.15, 0.2) is 0 Å². The number of amides is 1. The molecule has 2 unspecified atom stereocenters. The monoisotopic (exact) mass is 277 g/mol. The molecule has 4 heteroatoms. The summed E-state index contributed by atoms with van der Waals surface area (Å²) in [6, 6.07) is 8.08. The highest BCUT2D eigenvalue weighted by molar-refractivity contribution is 5.77. The SMILES string of the molecule is COc1cccc(C2CCCN2C(=O)CCC(C)O)c1. The molecule has 0 aromatic heterocycles. The second-order valence-corrected chi connectivity index (χ2v) is 5.41. The smallest absolute Gasteiger partial charge is 0.223 e. The fourth-order valence-corrected chi connectivity index (χ4v) is 2.74. The molecule has 1 N–H and O–H groups in total. The number of likely N-dealkylation sites (tertiary alicyclic amines) is 1. The van der Waals surface area contributed by atoms with E-state index in [4.69, 9.17) is 4.74 Å². The molecular formula is C16H23NO3. The maximum Gasteiger partial charge on any atom is 0.223 e. The minimum atomic E-state index is -0.420. The van der Waals surface area contributed by atoms with E-state index in [0.717, 1.165) is 30.7 Å². The van der Waals surface area contributed by atoms with Crippen LogP contribution in [-0.2, 0) is 4.79 Å². The van der Waals surface area contributed by atoms with Gasteiger partial charge < -0.3 is 14.7 Å². The molecule has 2 rings (SSSR count). The number of nitrogens with zero attached hydrogens (tertiary/aromatic N) is 1. The van der Waals surface area contributed by atoms with Gasteiger partial charge in [0.25, 0.3) is 0 Å². The Morgan fingerprint density at radius 2 is 2.35 bits per heavy atom. The lowest BCUT2D eigenvalue weighted by atomic mass is 10.0. The van der Waals surface area contributed by atoms with E-state index in [2.05, 4.69) is 0 Å². The first-order valence-electron chi connectivity index (χ1n) is 7.23. The Hall–Kier alpha value is -1.55. The van der Waals surface area contributed by atoms with E-state index < -0.39 is 6.10 Å². The molecule has 0 radical (unpaired) electrons. The van der Waals surface area contributed by atoms with Gasteiger partial charge in [0, 0.05) is 13.0 Å². The molecule has 1 fully saturated rings. The molecule has 0 saturated carbocycles. The molecule has 4 nitrogen and oxygen atoms in total. The highest BCUT2D eigenvalue weighted by Crippen LogP contribution is 2.34. The Bertz CT molecular complexity index is 459. The average molecular weight is 277 g/mol. The van der Waals surface area contributed by atoms with Crippen molar-refractivity contribution in [1.82, 2.24) is 4.90 Å². The molecule has 1 saturated heterocycles. The second-order valence-electron chi connectivity index (χ2n) is 5.41. The van der Waals surface area contributed by atoms with Gasteiger partial charge in [-0.05, 0) is 43.9 Å². The maximum absolute atomic E-state index is 12.3. The summed E-state index contributed by atoms with van der Waals surface area (Å²) in [7, 11) is 1.65. The van der Waals surface area contributed by atoms with Gasteiger partial charge in [-0.3, -0.25) is 4.79 Å². The van der Waals surface area contributed by atoms with Crippen LogP contribution >= 0.6 is 0 Å². The summed E-state index contributed by atoms with van der Waals surface area (Å²) in [4.78, 5) is 14.2. The number of ether oxygens (including phenoxy) is 1. The summed E-state index contributed by atoms with van der Waals surface area (Å²) < 4.78 is 5.25. The summed E-state index contributed by atoms with van der Waals surface area (Å²) in [5.41, 5.74) is 1.13. The standard InChI is InChI=1S/C16H23NO3/c1-12(18)8-9-16(19)17-10-4-7-15(17)13-5-3-6-14(11-13)20-2/h3,5-6,11-12,15,18H,4,7-10H2,1-2H3. The predicted molar refractivity (Wildman–Crippen MR) is 77.6 cm³/mol. The van der Waals surface area contributed by atoms with Crippen molar-refractivity contribution < 1.29 is 14.6 Å². The topological polar surface area (TPSA) is 49.8 Å². The minimum absolute atomic E-state index is 0.135. The molecule has 2 atom stereocenters. The van der Waals surface area contributed by atoms with Gasteiger partial charge in [-0.15, -0.1) is 0 Å². The van der Waals surface area contributed by atoms with Crippen molar-refractivity contribution in [1.29, 1.82) is 0 Å². The van der Waals surface area contributed by atoms with E-state index in [0.29, 0.717) is 12.8 Å². The number of carbonyl (C=O) groups excluding carboxylic acids is 1. The van der Waals surface area contributed by atoms with Crippen LogP contribution in [0, 0.1) is 0 Å². The summed E-state index contributed by atoms with van der Waals surface area (Å²) in [6.45, 7) is 2.53. The molecule has 1 aliphatic heterocycles. The third kappa shape index (κ3) is 3.51. The molecule has 20 heavy (non-hydrogen) atoms. The number of benzene rings is 1. The molecule has 0 spiro atoms. The number of hydrogen-bond donors (Lipinski definition) is 1. The molecule has 1 aromatic rings. The zero-order chi connectivity index (χ0) is 14.5. The summed E-state index contributed by atoms with van der Waals surface area (Å²) in [6.07, 6.45) is 2.55. The van der Waals surface area contributed by atoms with Crippen LogP contribution in [0.2, 0.25) is 0 Å². The van der Waals surface area contributed by atoms with Gasteiger partial charge in [0.1, 0.15) is 5.75 Å². The Balaban J connectivity index is 2.08. The zero-order valence-corrected chi connectivity index (χ0v) is 12.2. The lowest BCUT2D eigenvalue weighted by molar-refractivity contribution is -0.132. The molecule has 1 aromatic carbocycles. The Labute approximate surface area is 120 Å². The van der Waals surface area contributed by atoms with Gasteiger partial charge in [-0.1, -0.05) is 12.1 Å². The lowest BCUT2D eigenvalue weighted by Gasteiger charge is -2.25. The van der Waals surface area contributed by atoms with Crippen molar-refractivity contribution in [3.63, 3.8) is 0 Å². The van der Waals surface area contributed by atoms with E-state index in [1.165, 1.54) is 0 Å².